The van der Waals surface area contributed by atoms with Crippen LogP contribution in [0.3, 0.4) is 0 Å². The number of nitrogens with one attached hydrogen (secondary N) is 2. The predicted molar refractivity (Wildman–Crippen MR) is 104 cm³/mol. The van der Waals surface area contributed by atoms with E-state index in [1.165, 1.54) is 10.5 Å². The minimum atomic E-state index is 0.574. The Bertz CT molecular complexity index is 756. The van der Waals surface area contributed by atoms with Gasteiger partial charge in [-0.1, -0.05) is 30.3 Å². The summed E-state index contributed by atoms with van der Waals surface area (Å²) in [6.45, 7) is 0.574. The maximum Gasteiger partial charge on any atom is 0.171 e. The van der Waals surface area contributed by atoms with Gasteiger partial charge in [0.05, 0.1) is 12.8 Å². The molecule has 0 fully saturated rings. The molecule has 0 radical (unpaired) electrons. The highest BCUT2D eigenvalue weighted by Gasteiger charge is 2.01. The maximum absolute atomic E-state index is 5.29. The van der Waals surface area contributed by atoms with E-state index in [1.807, 2.05) is 42.1 Å². The van der Waals surface area contributed by atoms with Gasteiger partial charge in [0.1, 0.15) is 5.76 Å². The van der Waals surface area contributed by atoms with Crippen LogP contribution in [0.25, 0.3) is 0 Å². The smallest absolute Gasteiger partial charge is 0.171 e. The van der Waals surface area contributed by atoms with Gasteiger partial charge in [0, 0.05) is 16.3 Å². The Kier molecular flexibility index (Phi) is 5.93. The van der Waals surface area contributed by atoms with Crippen molar-refractivity contribution in [3.05, 3.63) is 84.3 Å². The summed E-state index contributed by atoms with van der Waals surface area (Å²) in [7, 11) is 0. The number of furan rings is 1. The fraction of sp³-hybridized carbons (Fsp3) is 0.105. The zero-order valence-corrected chi connectivity index (χ0v) is 14.7. The third kappa shape index (κ3) is 5.15. The number of anilines is 1. The lowest BCUT2D eigenvalue weighted by Gasteiger charge is -2.10. The average molecular weight is 355 g/mol. The molecule has 1 aromatic heterocycles. The Morgan fingerprint density at radius 1 is 0.958 bits per heavy atom. The van der Waals surface area contributed by atoms with Crippen LogP contribution in [0.15, 0.2) is 82.3 Å². The Hall–Kier alpha value is -2.24. The molecule has 1 heterocycles. The maximum atomic E-state index is 5.29. The molecule has 0 spiro atoms. The fourth-order valence-electron chi connectivity index (χ4n) is 2.12. The number of benzene rings is 2. The lowest BCUT2D eigenvalue weighted by molar-refractivity contribution is 0.503. The van der Waals surface area contributed by atoms with Crippen LogP contribution >= 0.6 is 24.0 Å². The topological polar surface area (TPSA) is 37.2 Å². The van der Waals surface area contributed by atoms with Crippen LogP contribution in [-0.2, 0) is 12.3 Å². The van der Waals surface area contributed by atoms with Gasteiger partial charge in [0.25, 0.3) is 0 Å². The summed E-state index contributed by atoms with van der Waals surface area (Å²) < 4.78 is 5.26. The van der Waals surface area contributed by atoms with Crippen molar-refractivity contribution < 1.29 is 4.42 Å². The Labute approximate surface area is 151 Å². The van der Waals surface area contributed by atoms with Gasteiger partial charge >= 0.3 is 0 Å². The first-order valence-corrected chi connectivity index (χ1v) is 9.03. The van der Waals surface area contributed by atoms with Crippen molar-refractivity contribution in [2.75, 3.05) is 5.32 Å². The van der Waals surface area contributed by atoms with E-state index in [4.69, 9.17) is 16.6 Å². The average Bonchev–Trinajstić information content (AvgIpc) is 3.14. The highest BCUT2D eigenvalue weighted by atomic mass is 32.2. The molecule has 0 saturated carbocycles. The molecule has 0 unspecified atom stereocenters. The lowest BCUT2D eigenvalue weighted by atomic mass is 10.2. The van der Waals surface area contributed by atoms with E-state index in [0.29, 0.717) is 11.7 Å². The first-order valence-electron chi connectivity index (χ1n) is 7.63. The predicted octanol–water partition coefficient (Wildman–Crippen LogP) is 5.06. The van der Waals surface area contributed by atoms with Crippen LogP contribution in [0.1, 0.15) is 11.3 Å². The Morgan fingerprint density at radius 3 is 2.46 bits per heavy atom. The van der Waals surface area contributed by atoms with Gasteiger partial charge in [-0.15, -0.1) is 11.8 Å². The highest BCUT2D eigenvalue weighted by Crippen LogP contribution is 2.23. The zero-order valence-electron chi connectivity index (χ0n) is 13.1. The summed E-state index contributed by atoms with van der Waals surface area (Å²) in [5.74, 6) is 1.80. The summed E-state index contributed by atoms with van der Waals surface area (Å²) in [6, 6.07) is 22.5. The highest BCUT2D eigenvalue weighted by molar-refractivity contribution is 7.98. The van der Waals surface area contributed by atoms with E-state index in [0.717, 1.165) is 17.2 Å². The van der Waals surface area contributed by atoms with E-state index in [2.05, 4.69) is 47.0 Å². The normalized spacial score (nSPS) is 10.3. The SMILES string of the molecule is S=C(NCc1ccco1)Nc1ccc(CSc2ccccc2)cc1. The van der Waals surface area contributed by atoms with Crippen LogP contribution in [0, 0.1) is 0 Å². The van der Waals surface area contributed by atoms with Crippen molar-refractivity contribution in [2.24, 2.45) is 0 Å². The summed E-state index contributed by atoms with van der Waals surface area (Å²) in [6.07, 6.45) is 1.65. The summed E-state index contributed by atoms with van der Waals surface area (Å²) in [5, 5.41) is 6.88. The molecule has 5 heteroatoms. The molecule has 2 aromatic carbocycles. The summed E-state index contributed by atoms with van der Waals surface area (Å²) >= 11 is 7.12. The van der Waals surface area contributed by atoms with Crippen molar-refractivity contribution in [1.29, 1.82) is 0 Å². The third-order valence-electron chi connectivity index (χ3n) is 3.36. The number of hydrogen-bond donors (Lipinski definition) is 2. The van der Waals surface area contributed by atoms with Crippen molar-refractivity contribution >= 4 is 34.8 Å². The molecular formula is C19H18N2OS2. The second kappa shape index (κ2) is 8.57. The van der Waals surface area contributed by atoms with Crippen molar-refractivity contribution in [3.8, 4) is 0 Å². The molecular weight excluding hydrogens is 336 g/mol. The van der Waals surface area contributed by atoms with Crippen LogP contribution in [0.2, 0.25) is 0 Å². The Balaban J connectivity index is 1.46. The van der Waals surface area contributed by atoms with Gasteiger partial charge < -0.3 is 15.1 Å². The molecule has 3 nitrogen and oxygen atoms in total. The number of thioether (sulfide) groups is 1. The molecule has 0 saturated heterocycles. The van der Waals surface area contributed by atoms with Crippen molar-refractivity contribution in [2.45, 2.75) is 17.2 Å². The van der Waals surface area contributed by atoms with Crippen LogP contribution in [0.5, 0.6) is 0 Å². The standard InChI is InChI=1S/C19H18N2OS2/c23-19(20-13-17-5-4-12-22-17)21-16-10-8-15(9-11-16)14-24-18-6-2-1-3-7-18/h1-12H,13-14H2,(H2,20,21,23). The molecule has 0 aliphatic rings. The zero-order chi connectivity index (χ0) is 16.6. The van der Waals surface area contributed by atoms with Crippen molar-refractivity contribution in [3.63, 3.8) is 0 Å². The number of hydrogen-bond acceptors (Lipinski definition) is 3. The number of thiocarbonyl (C=S) groups is 1. The van der Waals surface area contributed by atoms with Gasteiger partial charge in [0.2, 0.25) is 0 Å². The van der Waals surface area contributed by atoms with Crippen LogP contribution in [-0.4, -0.2) is 5.11 Å². The third-order valence-corrected chi connectivity index (χ3v) is 4.69. The quantitative estimate of drug-likeness (QED) is 0.478. The molecule has 0 aliphatic carbocycles. The molecule has 24 heavy (non-hydrogen) atoms. The van der Waals surface area contributed by atoms with E-state index in [9.17, 15) is 0 Å². The summed E-state index contributed by atoms with van der Waals surface area (Å²) in [4.78, 5) is 1.28. The van der Waals surface area contributed by atoms with Gasteiger partial charge in [-0.25, -0.2) is 0 Å². The molecule has 3 rings (SSSR count). The molecule has 0 bridgehead atoms. The molecule has 0 amide bonds. The number of rotatable bonds is 6. The molecule has 122 valence electrons. The minimum absolute atomic E-state index is 0.574. The fourth-order valence-corrected chi connectivity index (χ4v) is 3.19. The molecule has 0 atom stereocenters. The monoisotopic (exact) mass is 354 g/mol. The van der Waals surface area contributed by atoms with Gasteiger partial charge in [-0.2, -0.15) is 0 Å². The van der Waals surface area contributed by atoms with Crippen LogP contribution in [0.4, 0.5) is 5.69 Å². The first-order chi connectivity index (χ1) is 11.8. The molecule has 3 aromatic rings. The van der Waals surface area contributed by atoms with Gasteiger partial charge in [-0.3, -0.25) is 0 Å². The first kappa shape index (κ1) is 16.6. The van der Waals surface area contributed by atoms with E-state index >= 15 is 0 Å². The second-order valence-electron chi connectivity index (χ2n) is 5.19. The lowest BCUT2D eigenvalue weighted by Crippen LogP contribution is -2.27. The largest absolute Gasteiger partial charge is 0.467 e. The van der Waals surface area contributed by atoms with Gasteiger partial charge in [0.15, 0.2) is 5.11 Å². The summed E-state index contributed by atoms with van der Waals surface area (Å²) in [5.41, 5.74) is 2.25. The Morgan fingerprint density at radius 2 is 1.75 bits per heavy atom. The van der Waals surface area contributed by atoms with Crippen LogP contribution < -0.4 is 10.6 Å². The molecule has 0 aliphatic heterocycles. The van der Waals surface area contributed by atoms with E-state index in [1.54, 1.807) is 6.26 Å². The minimum Gasteiger partial charge on any atom is -0.467 e. The van der Waals surface area contributed by atoms with Gasteiger partial charge in [-0.05, 0) is 54.2 Å². The van der Waals surface area contributed by atoms with E-state index < -0.39 is 0 Å². The van der Waals surface area contributed by atoms with E-state index in [-0.39, 0.29) is 0 Å². The van der Waals surface area contributed by atoms with Crippen molar-refractivity contribution in [1.82, 2.24) is 5.32 Å². The second-order valence-corrected chi connectivity index (χ2v) is 6.64. The molecule has 2 N–H and O–H groups in total.